The Bertz CT molecular complexity index is 761. The van der Waals surface area contributed by atoms with E-state index in [1.807, 2.05) is 0 Å². The van der Waals surface area contributed by atoms with Crippen LogP contribution in [0.4, 0.5) is 0 Å². The van der Waals surface area contributed by atoms with Crippen LogP contribution in [0.2, 0.25) is 0 Å². The highest BCUT2D eigenvalue weighted by Gasteiger charge is 2.20. The first-order chi connectivity index (χ1) is 26.5. The Balaban J connectivity index is 3.44. The van der Waals surface area contributed by atoms with E-state index >= 15 is 0 Å². The molecule has 0 aromatic rings. The van der Waals surface area contributed by atoms with Gasteiger partial charge in [-0.3, -0.25) is 9.59 Å². The quantitative estimate of drug-likeness (QED) is 0.0424. The number of carbonyl (C=O) groups excluding carboxylic acids is 2. The Kier molecular flexibility index (Phi) is 43.6. The highest BCUT2D eigenvalue weighted by Crippen LogP contribution is 2.16. The summed E-state index contributed by atoms with van der Waals surface area (Å²) in [5.41, 5.74) is 0. The molecule has 3 N–H and O–H groups in total. The van der Waals surface area contributed by atoms with E-state index in [0.717, 1.165) is 51.4 Å². The van der Waals surface area contributed by atoms with Crippen molar-refractivity contribution in [2.45, 2.75) is 283 Å². The number of ether oxygens (including phenoxy) is 1. The smallest absolute Gasteiger partial charge is 0.305 e. The van der Waals surface area contributed by atoms with Gasteiger partial charge in [0.15, 0.2) is 0 Å². The van der Waals surface area contributed by atoms with E-state index in [4.69, 9.17) is 4.74 Å². The standard InChI is InChI=1S/C48H95NO5/c1-3-5-7-9-11-13-15-20-24-28-32-36-40-46(51)45(44-50)49-47(52)41-37-33-29-25-21-18-17-19-23-27-31-35-39-43-54-48(53)42-38-34-30-26-22-16-14-12-10-8-6-4-2/h45-46,50-51H,3-44H2,1-2H3,(H,49,52). The van der Waals surface area contributed by atoms with Crippen LogP contribution in [0, 0.1) is 0 Å². The molecular weight excluding hydrogens is 671 g/mol. The van der Waals surface area contributed by atoms with Gasteiger partial charge in [0.25, 0.3) is 0 Å². The Morgan fingerprint density at radius 3 is 1.13 bits per heavy atom. The Morgan fingerprint density at radius 2 is 0.759 bits per heavy atom. The number of carbonyl (C=O) groups is 2. The molecule has 322 valence electrons. The van der Waals surface area contributed by atoms with Gasteiger partial charge in [0.05, 0.1) is 25.4 Å². The third kappa shape index (κ3) is 40.5. The molecule has 54 heavy (non-hydrogen) atoms. The lowest BCUT2D eigenvalue weighted by Crippen LogP contribution is -2.45. The summed E-state index contributed by atoms with van der Waals surface area (Å²) in [6, 6.07) is -0.548. The van der Waals surface area contributed by atoms with Gasteiger partial charge < -0.3 is 20.3 Å². The van der Waals surface area contributed by atoms with Crippen LogP contribution in [0.25, 0.3) is 0 Å². The van der Waals surface area contributed by atoms with Crippen molar-refractivity contribution in [3.05, 3.63) is 0 Å². The molecule has 0 aromatic heterocycles. The zero-order chi connectivity index (χ0) is 39.4. The van der Waals surface area contributed by atoms with Crippen LogP contribution >= 0.6 is 0 Å². The van der Waals surface area contributed by atoms with E-state index < -0.39 is 12.1 Å². The lowest BCUT2D eigenvalue weighted by atomic mass is 10.0. The highest BCUT2D eigenvalue weighted by atomic mass is 16.5. The molecule has 0 rings (SSSR count). The second kappa shape index (κ2) is 44.6. The predicted molar refractivity (Wildman–Crippen MR) is 232 cm³/mol. The van der Waals surface area contributed by atoms with Crippen molar-refractivity contribution in [1.29, 1.82) is 0 Å². The fourth-order valence-corrected chi connectivity index (χ4v) is 7.64. The number of esters is 1. The molecule has 6 heteroatoms. The van der Waals surface area contributed by atoms with E-state index in [0.29, 0.717) is 25.9 Å². The van der Waals surface area contributed by atoms with E-state index in [-0.39, 0.29) is 18.5 Å². The van der Waals surface area contributed by atoms with E-state index in [1.54, 1.807) is 0 Å². The SMILES string of the molecule is CCCCCCCCCCCCCCC(=O)OCCCCCCCCCCCCCCCC(=O)NC(CO)C(O)CCCCCCCCCCCCCC. The van der Waals surface area contributed by atoms with E-state index in [9.17, 15) is 19.8 Å². The molecule has 0 heterocycles. The lowest BCUT2D eigenvalue weighted by Gasteiger charge is -2.22. The maximum atomic E-state index is 12.4. The fraction of sp³-hybridized carbons (Fsp3) is 0.958. The zero-order valence-corrected chi connectivity index (χ0v) is 36.5. The monoisotopic (exact) mass is 766 g/mol. The molecule has 6 nitrogen and oxygen atoms in total. The van der Waals surface area contributed by atoms with Gasteiger partial charge in [-0.05, 0) is 25.7 Å². The average Bonchev–Trinajstić information content (AvgIpc) is 3.17. The van der Waals surface area contributed by atoms with Gasteiger partial charge in [-0.25, -0.2) is 0 Å². The number of aliphatic hydroxyl groups excluding tert-OH is 2. The molecule has 0 aliphatic rings. The summed E-state index contributed by atoms with van der Waals surface area (Å²) in [5, 5.41) is 23.1. The van der Waals surface area contributed by atoms with Crippen molar-refractivity contribution in [2.75, 3.05) is 13.2 Å². The zero-order valence-electron chi connectivity index (χ0n) is 36.5. The number of hydrogen-bond donors (Lipinski definition) is 3. The second-order valence-electron chi connectivity index (χ2n) is 16.8. The summed E-state index contributed by atoms with van der Waals surface area (Å²) in [7, 11) is 0. The molecule has 0 fully saturated rings. The molecule has 2 atom stereocenters. The first-order valence-corrected chi connectivity index (χ1v) is 24.3. The molecule has 0 radical (unpaired) electrons. The van der Waals surface area contributed by atoms with E-state index in [1.165, 1.54) is 186 Å². The minimum atomic E-state index is -0.669. The first-order valence-electron chi connectivity index (χ1n) is 24.3. The van der Waals surface area contributed by atoms with Gasteiger partial charge >= 0.3 is 5.97 Å². The van der Waals surface area contributed by atoms with Crippen LogP contribution in [0.1, 0.15) is 271 Å². The van der Waals surface area contributed by atoms with Crippen LogP contribution in [-0.2, 0) is 14.3 Å². The molecule has 0 aliphatic heterocycles. The lowest BCUT2D eigenvalue weighted by molar-refractivity contribution is -0.143. The van der Waals surface area contributed by atoms with Crippen molar-refractivity contribution in [3.63, 3.8) is 0 Å². The second-order valence-corrected chi connectivity index (χ2v) is 16.8. The summed E-state index contributed by atoms with van der Waals surface area (Å²) in [6.07, 6.45) is 47.7. The van der Waals surface area contributed by atoms with Crippen molar-refractivity contribution in [3.8, 4) is 0 Å². The molecule has 0 aliphatic carbocycles. The van der Waals surface area contributed by atoms with Crippen LogP contribution in [0.15, 0.2) is 0 Å². The van der Waals surface area contributed by atoms with Crippen molar-refractivity contribution >= 4 is 11.9 Å². The third-order valence-electron chi connectivity index (χ3n) is 11.4. The molecule has 0 aromatic carbocycles. The summed E-state index contributed by atoms with van der Waals surface area (Å²) in [4.78, 5) is 24.4. The highest BCUT2D eigenvalue weighted by molar-refractivity contribution is 5.76. The topological polar surface area (TPSA) is 95.9 Å². The molecule has 2 unspecified atom stereocenters. The summed E-state index contributed by atoms with van der Waals surface area (Å²) >= 11 is 0. The minimum absolute atomic E-state index is 0.00455. The van der Waals surface area contributed by atoms with Gasteiger partial charge in [-0.15, -0.1) is 0 Å². The third-order valence-corrected chi connectivity index (χ3v) is 11.4. The maximum Gasteiger partial charge on any atom is 0.305 e. The van der Waals surface area contributed by atoms with Gasteiger partial charge in [0.2, 0.25) is 5.91 Å². The van der Waals surface area contributed by atoms with Gasteiger partial charge in [0.1, 0.15) is 0 Å². The van der Waals surface area contributed by atoms with Crippen LogP contribution in [0.3, 0.4) is 0 Å². The predicted octanol–water partition coefficient (Wildman–Crippen LogP) is 14.0. The number of nitrogens with one attached hydrogen (secondary N) is 1. The molecule has 1 amide bonds. The summed E-state index contributed by atoms with van der Waals surface area (Å²) in [5.74, 6) is -0.0519. The normalized spacial score (nSPS) is 12.6. The van der Waals surface area contributed by atoms with Crippen LogP contribution in [-0.4, -0.2) is 47.4 Å². The van der Waals surface area contributed by atoms with Crippen LogP contribution in [0.5, 0.6) is 0 Å². The van der Waals surface area contributed by atoms with Crippen LogP contribution < -0.4 is 5.32 Å². The largest absolute Gasteiger partial charge is 0.466 e. The number of rotatable bonds is 45. The molecule has 0 saturated carbocycles. The van der Waals surface area contributed by atoms with Gasteiger partial charge in [0, 0.05) is 12.8 Å². The van der Waals surface area contributed by atoms with Gasteiger partial charge in [-0.1, -0.05) is 232 Å². The number of hydrogen-bond acceptors (Lipinski definition) is 5. The minimum Gasteiger partial charge on any atom is -0.466 e. The Hall–Kier alpha value is -1.14. The summed E-state index contributed by atoms with van der Waals surface area (Å²) in [6.45, 7) is 4.92. The maximum absolute atomic E-state index is 12.4. The first kappa shape index (κ1) is 52.9. The molecular formula is C48H95NO5. The fourth-order valence-electron chi connectivity index (χ4n) is 7.64. The van der Waals surface area contributed by atoms with Crippen molar-refractivity contribution in [1.82, 2.24) is 5.32 Å². The van der Waals surface area contributed by atoms with E-state index in [2.05, 4.69) is 19.2 Å². The average molecular weight is 766 g/mol. The Morgan fingerprint density at radius 1 is 0.444 bits per heavy atom. The molecule has 0 bridgehead atoms. The molecule has 0 spiro atoms. The number of amides is 1. The van der Waals surface area contributed by atoms with Crippen molar-refractivity contribution < 1.29 is 24.5 Å². The molecule has 0 saturated heterocycles. The number of unbranched alkanes of at least 4 members (excludes halogenated alkanes) is 34. The number of aliphatic hydroxyl groups is 2. The Labute approximate surface area is 336 Å². The van der Waals surface area contributed by atoms with Gasteiger partial charge in [-0.2, -0.15) is 0 Å². The van der Waals surface area contributed by atoms with Crippen molar-refractivity contribution in [2.24, 2.45) is 0 Å². The summed E-state index contributed by atoms with van der Waals surface area (Å²) < 4.78 is 5.45.